The number of hydrogen-bond acceptors (Lipinski definition) is 6. The summed E-state index contributed by atoms with van der Waals surface area (Å²) in [6.45, 7) is 7.87. The topological polar surface area (TPSA) is 89.9 Å². The first-order valence-corrected chi connectivity index (χ1v) is 10.1. The van der Waals surface area contributed by atoms with Crippen LogP contribution in [0.2, 0.25) is 0 Å². The standard InChI is InChI=1S/C21H24N4O3S/c1-12-17(20(27)28-5)13(2)22-18(12)19(26)14(3)29-21-24-23-15(4)25(21)11-16-9-7-6-8-10-16/h6-10,14,22H,11H2,1-5H3. The molecule has 152 valence electrons. The smallest absolute Gasteiger partial charge is 0.339 e. The highest BCUT2D eigenvalue weighted by Crippen LogP contribution is 2.28. The molecule has 0 spiro atoms. The number of H-pyrrole nitrogens is 1. The fraction of sp³-hybridized carbons (Fsp3) is 0.333. The molecular weight excluding hydrogens is 388 g/mol. The van der Waals surface area contributed by atoms with Crippen LogP contribution in [-0.4, -0.2) is 43.9 Å². The fourth-order valence-corrected chi connectivity index (χ4v) is 4.17. The van der Waals surface area contributed by atoms with Crippen molar-refractivity contribution in [3.8, 4) is 0 Å². The van der Waals surface area contributed by atoms with Crippen LogP contribution in [0, 0.1) is 20.8 Å². The number of benzene rings is 1. The molecule has 0 aliphatic heterocycles. The maximum absolute atomic E-state index is 13.1. The molecule has 0 saturated heterocycles. The van der Waals surface area contributed by atoms with E-state index in [1.807, 2.05) is 48.7 Å². The number of carbonyl (C=O) groups is 2. The van der Waals surface area contributed by atoms with Gasteiger partial charge in [-0.25, -0.2) is 4.79 Å². The zero-order valence-corrected chi connectivity index (χ0v) is 18.0. The number of rotatable bonds is 7. The minimum Gasteiger partial charge on any atom is -0.465 e. The van der Waals surface area contributed by atoms with Gasteiger partial charge in [-0.2, -0.15) is 0 Å². The van der Waals surface area contributed by atoms with Crippen molar-refractivity contribution in [1.82, 2.24) is 19.7 Å². The van der Waals surface area contributed by atoms with Crippen LogP contribution in [0.15, 0.2) is 35.5 Å². The Labute approximate surface area is 173 Å². The number of ether oxygens (including phenoxy) is 1. The summed E-state index contributed by atoms with van der Waals surface area (Å²) in [7, 11) is 1.33. The highest BCUT2D eigenvalue weighted by Gasteiger charge is 2.27. The van der Waals surface area contributed by atoms with E-state index in [1.165, 1.54) is 18.9 Å². The fourth-order valence-electron chi connectivity index (χ4n) is 3.22. The Morgan fingerprint density at radius 1 is 1.17 bits per heavy atom. The van der Waals surface area contributed by atoms with Gasteiger partial charge in [-0.15, -0.1) is 10.2 Å². The van der Waals surface area contributed by atoms with Crippen molar-refractivity contribution in [3.63, 3.8) is 0 Å². The largest absolute Gasteiger partial charge is 0.465 e. The Hall–Kier alpha value is -2.87. The van der Waals surface area contributed by atoms with E-state index in [1.54, 1.807) is 13.8 Å². The van der Waals surface area contributed by atoms with Crippen LogP contribution >= 0.6 is 11.8 Å². The Kier molecular flexibility index (Phi) is 6.22. The summed E-state index contributed by atoms with van der Waals surface area (Å²) >= 11 is 1.35. The molecule has 7 nitrogen and oxygen atoms in total. The van der Waals surface area contributed by atoms with Gasteiger partial charge in [0.1, 0.15) is 5.82 Å². The molecule has 0 fully saturated rings. The van der Waals surface area contributed by atoms with E-state index < -0.39 is 11.2 Å². The molecule has 0 radical (unpaired) electrons. The number of Topliss-reactive ketones (excluding diaryl/α,β-unsaturated/α-hetero) is 1. The monoisotopic (exact) mass is 412 g/mol. The second kappa shape index (κ2) is 8.65. The molecule has 2 heterocycles. The van der Waals surface area contributed by atoms with Gasteiger partial charge in [0.05, 0.1) is 30.2 Å². The zero-order valence-electron chi connectivity index (χ0n) is 17.1. The number of esters is 1. The van der Waals surface area contributed by atoms with E-state index in [2.05, 4.69) is 15.2 Å². The van der Waals surface area contributed by atoms with Gasteiger partial charge < -0.3 is 14.3 Å². The SMILES string of the molecule is COC(=O)c1c(C)[nH]c(C(=O)C(C)Sc2nnc(C)n2Cc2ccccc2)c1C. The van der Waals surface area contributed by atoms with Crippen molar-refractivity contribution < 1.29 is 14.3 Å². The van der Waals surface area contributed by atoms with Gasteiger partial charge in [-0.1, -0.05) is 42.1 Å². The van der Waals surface area contributed by atoms with Crippen molar-refractivity contribution in [2.75, 3.05) is 7.11 Å². The molecule has 1 unspecified atom stereocenters. The van der Waals surface area contributed by atoms with Crippen molar-refractivity contribution >= 4 is 23.5 Å². The highest BCUT2D eigenvalue weighted by atomic mass is 32.2. The lowest BCUT2D eigenvalue weighted by Gasteiger charge is -2.12. The summed E-state index contributed by atoms with van der Waals surface area (Å²) < 4.78 is 6.82. The van der Waals surface area contributed by atoms with Gasteiger partial charge in [0, 0.05) is 5.69 Å². The molecule has 29 heavy (non-hydrogen) atoms. The minimum atomic E-state index is -0.450. The number of hydrogen-bond donors (Lipinski definition) is 1. The number of aromatic amines is 1. The van der Waals surface area contributed by atoms with Crippen LogP contribution in [0.3, 0.4) is 0 Å². The summed E-state index contributed by atoms with van der Waals surface area (Å²) in [5, 5.41) is 8.71. The third kappa shape index (κ3) is 4.27. The molecular formula is C21H24N4O3S. The molecule has 1 aromatic carbocycles. The van der Waals surface area contributed by atoms with Gasteiger partial charge in [-0.05, 0) is 38.8 Å². The van der Waals surface area contributed by atoms with Gasteiger partial charge >= 0.3 is 5.97 Å². The molecule has 1 N–H and O–H groups in total. The van der Waals surface area contributed by atoms with E-state index in [0.717, 1.165) is 11.4 Å². The number of carbonyl (C=O) groups excluding carboxylic acids is 2. The summed E-state index contributed by atoms with van der Waals surface area (Å²) in [4.78, 5) is 28.1. The minimum absolute atomic E-state index is 0.0994. The second-order valence-corrected chi connectivity index (χ2v) is 8.15. The highest BCUT2D eigenvalue weighted by molar-refractivity contribution is 8.00. The molecule has 2 aromatic heterocycles. The van der Waals surface area contributed by atoms with E-state index in [0.29, 0.717) is 34.2 Å². The van der Waals surface area contributed by atoms with Crippen molar-refractivity contribution in [2.24, 2.45) is 0 Å². The van der Waals surface area contributed by atoms with Crippen LogP contribution < -0.4 is 0 Å². The van der Waals surface area contributed by atoms with Crippen LogP contribution in [0.1, 0.15) is 50.4 Å². The molecule has 0 aliphatic rings. The van der Waals surface area contributed by atoms with E-state index in [9.17, 15) is 9.59 Å². The number of aryl methyl sites for hydroxylation is 2. The molecule has 3 rings (SSSR count). The van der Waals surface area contributed by atoms with Gasteiger partial charge in [0.2, 0.25) is 0 Å². The van der Waals surface area contributed by atoms with Crippen molar-refractivity contribution in [1.29, 1.82) is 0 Å². The molecule has 1 atom stereocenters. The number of thioether (sulfide) groups is 1. The third-order valence-electron chi connectivity index (χ3n) is 4.81. The lowest BCUT2D eigenvalue weighted by atomic mass is 10.1. The predicted molar refractivity (Wildman–Crippen MR) is 112 cm³/mol. The first-order chi connectivity index (χ1) is 13.8. The van der Waals surface area contributed by atoms with E-state index in [4.69, 9.17) is 4.74 Å². The van der Waals surface area contributed by atoms with Gasteiger partial charge in [0.25, 0.3) is 0 Å². The molecule has 8 heteroatoms. The van der Waals surface area contributed by atoms with Crippen molar-refractivity contribution in [2.45, 2.75) is 44.6 Å². The molecule has 0 bridgehead atoms. The Morgan fingerprint density at radius 2 is 1.86 bits per heavy atom. The average Bonchev–Trinajstić information content (AvgIpc) is 3.20. The second-order valence-electron chi connectivity index (χ2n) is 6.84. The van der Waals surface area contributed by atoms with Crippen LogP contribution in [0.4, 0.5) is 0 Å². The zero-order chi connectivity index (χ0) is 21.1. The summed E-state index contributed by atoms with van der Waals surface area (Å²) in [6, 6.07) is 10.0. The predicted octanol–water partition coefficient (Wildman–Crippen LogP) is 3.73. The number of aromatic nitrogens is 4. The van der Waals surface area contributed by atoms with Gasteiger partial charge in [-0.3, -0.25) is 4.79 Å². The summed E-state index contributed by atoms with van der Waals surface area (Å²) in [6.07, 6.45) is 0. The lowest BCUT2D eigenvalue weighted by molar-refractivity contribution is 0.0599. The van der Waals surface area contributed by atoms with Crippen LogP contribution in [0.5, 0.6) is 0 Å². The first-order valence-electron chi connectivity index (χ1n) is 9.25. The Bertz CT molecular complexity index is 1040. The normalized spacial score (nSPS) is 12.0. The lowest BCUT2D eigenvalue weighted by Crippen LogP contribution is -2.17. The number of methoxy groups -OCH3 is 1. The molecule has 0 saturated carbocycles. The Balaban J connectivity index is 1.82. The third-order valence-corrected chi connectivity index (χ3v) is 5.89. The quantitative estimate of drug-likeness (QED) is 0.361. The molecule has 0 aliphatic carbocycles. The number of nitrogens with zero attached hydrogens (tertiary/aromatic N) is 3. The van der Waals surface area contributed by atoms with E-state index in [-0.39, 0.29) is 5.78 Å². The molecule has 0 amide bonds. The van der Waals surface area contributed by atoms with Gasteiger partial charge in [0.15, 0.2) is 10.9 Å². The number of ketones is 1. The average molecular weight is 413 g/mol. The maximum atomic E-state index is 13.1. The Morgan fingerprint density at radius 3 is 2.52 bits per heavy atom. The molecule has 3 aromatic rings. The van der Waals surface area contributed by atoms with Crippen LogP contribution in [0.25, 0.3) is 0 Å². The maximum Gasteiger partial charge on any atom is 0.339 e. The summed E-state index contributed by atoms with van der Waals surface area (Å²) in [5.41, 5.74) is 3.20. The van der Waals surface area contributed by atoms with Crippen molar-refractivity contribution in [3.05, 3.63) is 64.2 Å². The summed E-state index contributed by atoms with van der Waals surface area (Å²) in [5.74, 6) is 0.238. The van der Waals surface area contributed by atoms with E-state index >= 15 is 0 Å². The van der Waals surface area contributed by atoms with Crippen LogP contribution in [-0.2, 0) is 11.3 Å². The number of nitrogens with one attached hydrogen (secondary N) is 1. The first kappa shape index (κ1) is 20.9.